The topological polar surface area (TPSA) is 99.7 Å². The number of aromatic nitrogens is 1. The van der Waals surface area contributed by atoms with Crippen molar-refractivity contribution >= 4 is 22.8 Å². The van der Waals surface area contributed by atoms with E-state index in [1.165, 1.54) is 6.07 Å². The van der Waals surface area contributed by atoms with Gasteiger partial charge in [0.15, 0.2) is 0 Å². The van der Waals surface area contributed by atoms with Crippen molar-refractivity contribution in [2.24, 2.45) is 0 Å². The molecular formula is C16H16N2O5. The van der Waals surface area contributed by atoms with Crippen molar-refractivity contribution in [3.8, 4) is 0 Å². The number of rotatable bonds is 3. The maximum absolute atomic E-state index is 12.8. The fourth-order valence-electron chi connectivity index (χ4n) is 2.77. The monoisotopic (exact) mass is 316 g/mol. The second kappa shape index (κ2) is 6.21. The Hall–Kier alpha value is -2.67. The number of carbonyl (C=O) groups is 2. The van der Waals surface area contributed by atoms with Gasteiger partial charge in [0.1, 0.15) is 0 Å². The second-order valence-corrected chi connectivity index (χ2v) is 5.43. The molecule has 1 atom stereocenters. The maximum atomic E-state index is 12.8. The van der Waals surface area contributed by atoms with Crippen LogP contribution < -0.4 is 5.56 Å². The second-order valence-electron chi connectivity index (χ2n) is 5.43. The fourth-order valence-corrected chi connectivity index (χ4v) is 2.77. The Kier molecular flexibility index (Phi) is 4.12. The first-order chi connectivity index (χ1) is 11.0. The molecule has 7 nitrogen and oxygen atoms in total. The Morgan fingerprint density at radius 2 is 2.13 bits per heavy atom. The van der Waals surface area contributed by atoms with Crippen LogP contribution in [-0.2, 0) is 9.53 Å². The molecule has 0 bridgehead atoms. The minimum atomic E-state index is -0.967. The number of hydrogen-bond donors (Lipinski definition) is 2. The summed E-state index contributed by atoms with van der Waals surface area (Å²) < 4.78 is 5.37. The summed E-state index contributed by atoms with van der Waals surface area (Å²) in [5.41, 5.74) is 0.571. The normalized spacial score (nSPS) is 18.1. The van der Waals surface area contributed by atoms with Gasteiger partial charge in [0.25, 0.3) is 5.91 Å². The standard InChI is InChI=1S/C16H16N2O5/c19-14-8-12(11-3-1-2-4-13(11)17-14)16(22)18-5-6-23-10(9-18)7-15(20)21/h1-4,8,10H,5-7,9H2,(H,17,19)(H,20,21)/t10-/m0/s1. The van der Waals surface area contributed by atoms with Crippen LogP contribution in [0.15, 0.2) is 35.1 Å². The molecule has 0 spiro atoms. The number of H-pyrrole nitrogens is 1. The van der Waals surface area contributed by atoms with E-state index < -0.39 is 12.1 Å². The van der Waals surface area contributed by atoms with Crippen molar-refractivity contribution in [2.45, 2.75) is 12.5 Å². The highest BCUT2D eigenvalue weighted by atomic mass is 16.5. The van der Waals surface area contributed by atoms with Crippen LogP contribution in [-0.4, -0.2) is 52.7 Å². The number of hydrogen-bond acceptors (Lipinski definition) is 4. The molecule has 2 heterocycles. The Balaban J connectivity index is 1.91. The summed E-state index contributed by atoms with van der Waals surface area (Å²) in [6.07, 6.45) is -0.682. The summed E-state index contributed by atoms with van der Waals surface area (Å²) >= 11 is 0. The zero-order valence-corrected chi connectivity index (χ0v) is 12.3. The molecule has 0 unspecified atom stereocenters. The van der Waals surface area contributed by atoms with Gasteiger partial charge in [-0.2, -0.15) is 0 Å². The molecule has 0 radical (unpaired) electrons. The molecule has 7 heteroatoms. The van der Waals surface area contributed by atoms with E-state index >= 15 is 0 Å². The highest BCUT2D eigenvalue weighted by molar-refractivity contribution is 6.06. The molecule has 1 aliphatic rings. The van der Waals surface area contributed by atoms with Gasteiger partial charge in [-0.25, -0.2) is 0 Å². The van der Waals surface area contributed by atoms with Crippen molar-refractivity contribution in [3.63, 3.8) is 0 Å². The lowest BCUT2D eigenvalue weighted by molar-refractivity contribution is -0.141. The lowest BCUT2D eigenvalue weighted by atomic mass is 10.1. The third kappa shape index (κ3) is 3.24. The number of nitrogens with one attached hydrogen (secondary N) is 1. The Labute approximate surface area is 131 Å². The molecule has 2 N–H and O–H groups in total. The number of carbonyl (C=O) groups excluding carboxylic acids is 1. The molecule has 2 aromatic rings. The predicted octanol–water partition coefficient (Wildman–Crippen LogP) is 0.844. The number of nitrogens with zero attached hydrogens (tertiary/aromatic N) is 1. The van der Waals surface area contributed by atoms with Crippen molar-refractivity contribution in [1.82, 2.24) is 9.88 Å². The highest BCUT2D eigenvalue weighted by Crippen LogP contribution is 2.18. The van der Waals surface area contributed by atoms with E-state index in [2.05, 4.69) is 4.98 Å². The van der Waals surface area contributed by atoms with Crippen molar-refractivity contribution < 1.29 is 19.4 Å². The van der Waals surface area contributed by atoms with Crippen LogP contribution in [0.1, 0.15) is 16.8 Å². The fraction of sp³-hybridized carbons (Fsp3) is 0.312. The summed E-state index contributed by atoms with van der Waals surface area (Å²) in [4.78, 5) is 39.6. The van der Waals surface area contributed by atoms with Gasteiger partial charge in [-0.05, 0) is 6.07 Å². The zero-order valence-electron chi connectivity index (χ0n) is 12.3. The number of fused-ring (bicyclic) bond motifs is 1. The van der Waals surface area contributed by atoms with Crippen molar-refractivity contribution in [2.75, 3.05) is 19.7 Å². The molecule has 0 saturated carbocycles. The summed E-state index contributed by atoms with van der Waals surface area (Å²) in [6, 6.07) is 8.37. The van der Waals surface area contributed by atoms with Crippen LogP contribution in [0.3, 0.4) is 0 Å². The number of pyridine rings is 1. The van der Waals surface area contributed by atoms with Crippen LogP contribution in [0.4, 0.5) is 0 Å². The SMILES string of the molecule is O=C(O)C[C@H]1CN(C(=O)c2cc(=O)[nH]c3ccccc23)CCO1. The number of ether oxygens (including phenoxy) is 1. The van der Waals surface area contributed by atoms with E-state index in [-0.39, 0.29) is 31.0 Å². The number of morpholine rings is 1. The van der Waals surface area contributed by atoms with Crippen molar-refractivity contribution in [1.29, 1.82) is 0 Å². The minimum Gasteiger partial charge on any atom is -0.481 e. The molecule has 1 aromatic heterocycles. The van der Waals surface area contributed by atoms with Gasteiger partial charge >= 0.3 is 5.97 Å². The van der Waals surface area contributed by atoms with E-state index in [9.17, 15) is 14.4 Å². The van der Waals surface area contributed by atoms with Gasteiger partial charge in [0.05, 0.1) is 24.7 Å². The first kappa shape index (κ1) is 15.2. The molecule has 1 aliphatic heterocycles. The number of amides is 1. The van der Waals surface area contributed by atoms with E-state index in [4.69, 9.17) is 9.84 Å². The van der Waals surface area contributed by atoms with E-state index in [1.54, 1.807) is 29.2 Å². The summed E-state index contributed by atoms with van der Waals surface area (Å²) in [5.74, 6) is -1.25. The quantitative estimate of drug-likeness (QED) is 0.874. The van der Waals surface area contributed by atoms with Gasteiger partial charge in [0.2, 0.25) is 5.56 Å². The summed E-state index contributed by atoms with van der Waals surface area (Å²) in [6.45, 7) is 0.854. The van der Waals surface area contributed by atoms with Gasteiger partial charge in [-0.15, -0.1) is 0 Å². The first-order valence-corrected chi connectivity index (χ1v) is 7.29. The first-order valence-electron chi connectivity index (χ1n) is 7.29. The maximum Gasteiger partial charge on any atom is 0.306 e. The molecular weight excluding hydrogens is 300 g/mol. The van der Waals surface area contributed by atoms with Crippen LogP contribution in [0.2, 0.25) is 0 Å². The Morgan fingerprint density at radius 1 is 1.35 bits per heavy atom. The molecule has 23 heavy (non-hydrogen) atoms. The smallest absolute Gasteiger partial charge is 0.306 e. The van der Waals surface area contributed by atoms with Crippen LogP contribution in [0, 0.1) is 0 Å². The lowest BCUT2D eigenvalue weighted by Gasteiger charge is -2.32. The predicted molar refractivity (Wildman–Crippen MR) is 82.5 cm³/mol. The third-order valence-electron chi connectivity index (χ3n) is 3.81. The number of aliphatic carboxylic acids is 1. The van der Waals surface area contributed by atoms with Crippen LogP contribution in [0.5, 0.6) is 0 Å². The molecule has 1 amide bonds. The number of carboxylic acids is 1. The van der Waals surface area contributed by atoms with Gasteiger partial charge in [-0.3, -0.25) is 14.4 Å². The van der Waals surface area contributed by atoms with E-state index in [0.717, 1.165) is 0 Å². The molecule has 1 saturated heterocycles. The molecule has 1 fully saturated rings. The van der Waals surface area contributed by atoms with Gasteiger partial charge < -0.3 is 19.7 Å². The molecule has 1 aromatic carbocycles. The van der Waals surface area contributed by atoms with Crippen molar-refractivity contribution in [3.05, 3.63) is 46.2 Å². The number of carboxylic acid groups (broad SMARTS) is 1. The minimum absolute atomic E-state index is 0.153. The average molecular weight is 316 g/mol. The average Bonchev–Trinajstić information content (AvgIpc) is 2.53. The molecule has 0 aliphatic carbocycles. The largest absolute Gasteiger partial charge is 0.481 e. The summed E-state index contributed by atoms with van der Waals surface area (Å²) in [5, 5.41) is 9.52. The molecule has 120 valence electrons. The van der Waals surface area contributed by atoms with Gasteiger partial charge in [0, 0.05) is 30.1 Å². The molecule has 3 rings (SSSR count). The zero-order chi connectivity index (χ0) is 16.4. The third-order valence-corrected chi connectivity index (χ3v) is 3.81. The Bertz CT molecular complexity index is 813. The number of para-hydroxylation sites is 1. The van der Waals surface area contributed by atoms with Gasteiger partial charge in [-0.1, -0.05) is 18.2 Å². The van der Waals surface area contributed by atoms with E-state index in [1.807, 2.05) is 0 Å². The highest BCUT2D eigenvalue weighted by Gasteiger charge is 2.27. The summed E-state index contributed by atoms with van der Waals surface area (Å²) in [7, 11) is 0. The number of aromatic amines is 1. The van der Waals surface area contributed by atoms with E-state index in [0.29, 0.717) is 23.0 Å². The number of benzene rings is 1. The van der Waals surface area contributed by atoms with Crippen LogP contribution >= 0.6 is 0 Å². The lowest BCUT2D eigenvalue weighted by Crippen LogP contribution is -2.46. The Morgan fingerprint density at radius 3 is 2.91 bits per heavy atom. The van der Waals surface area contributed by atoms with Crippen LogP contribution in [0.25, 0.3) is 10.9 Å².